The fourth-order valence-electron chi connectivity index (χ4n) is 4.11. The molecule has 2 aliphatic carbocycles. The van der Waals surface area contributed by atoms with Crippen molar-refractivity contribution >= 4 is 11.6 Å². The van der Waals surface area contributed by atoms with Gasteiger partial charge in [-0.25, -0.2) is 0 Å². The first kappa shape index (κ1) is 14.4. The van der Waals surface area contributed by atoms with E-state index in [0.29, 0.717) is 17.4 Å². The van der Waals surface area contributed by atoms with E-state index in [4.69, 9.17) is 16.3 Å². The van der Waals surface area contributed by atoms with Crippen LogP contribution in [0.2, 0.25) is 5.02 Å². The second-order valence-corrected chi connectivity index (χ2v) is 7.66. The number of ether oxygens (including phenoxy) is 1. The van der Waals surface area contributed by atoms with Gasteiger partial charge in [0.2, 0.25) is 0 Å². The van der Waals surface area contributed by atoms with Gasteiger partial charge in [0.05, 0.1) is 6.10 Å². The van der Waals surface area contributed by atoms with E-state index in [9.17, 15) is 0 Å². The van der Waals surface area contributed by atoms with Crippen LogP contribution >= 0.6 is 11.6 Å². The molecule has 0 unspecified atom stereocenters. The fourth-order valence-corrected chi connectivity index (χ4v) is 4.38. The molecule has 0 N–H and O–H groups in total. The van der Waals surface area contributed by atoms with Crippen LogP contribution in [0.15, 0.2) is 18.2 Å². The van der Waals surface area contributed by atoms with Crippen molar-refractivity contribution in [3.8, 4) is 0 Å². The predicted molar refractivity (Wildman–Crippen MR) is 84.4 cm³/mol. The molecule has 110 valence electrons. The topological polar surface area (TPSA) is 9.23 Å². The van der Waals surface area contributed by atoms with Crippen molar-refractivity contribution in [2.45, 2.75) is 58.0 Å². The number of hydrogen-bond donors (Lipinski definition) is 0. The second kappa shape index (κ2) is 5.35. The molecule has 0 amide bonds. The Kier molecular flexibility index (Phi) is 3.85. The second-order valence-electron chi connectivity index (χ2n) is 7.25. The number of rotatable bonds is 4. The third-order valence-corrected chi connectivity index (χ3v) is 5.70. The quantitative estimate of drug-likeness (QED) is 0.740. The lowest BCUT2D eigenvalue weighted by Crippen LogP contribution is -2.51. The molecule has 2 aliphatic rings. The van der Waals surface area contributed by atoms with Crippen LogP contribution in [0, 0.1) is 11.3 Å². The molecule has 0 bridgehead atoms. The molecule has 1 nitrogen and oxygen atoms in total. The van der Waals surface area contributed by atoms with E-state index >= 15 is 0 Å². The Hall–Kier alpha value is -0.530. The molecule has 2 heteroatoms. The highest BCUT2D eigenvalue weighted by molar-refractivity contribution is 6.31. The lowest BCUT2D eigenvalue weighted by Gasteiger charge is -2.57. The van der Waals surface area contributed by atoms with Crippen molar-refractivity contribution in [1.82, 2.24) is 0 Å². The predicted octanol–water partition coefficient (Wildman–Crippen LogP) is 5.21. The van der Waals surface area contributed by atoms with Gasteiger partial charge in [0.1, 0.15) is 0 Å². The van der Waals surface area contributed by atoms with Crippen molar-refractivity contribution in [2.24, 2.45) is 11.3 Å². The van der Waals surface area contributed by atoms with E-state index in [1.165, 1.54) is 36.8 Å². The Morgan fingerprint density at radius 3 is 2.50 bits per heavy atom. The largest absolute Gasteiger partial charge is 0.381 e. The minimum absolute atomic E-state index is 0.532. The third-order valence-electron chi connectivity index (χ3n) is 5.35. The summed E-state index contributed by atoms with van der Waals surface area (Å²) in [5.74, 6) is 1.38. The minimum atomic E-state index is 0.532. The van der Waals surface area contributed by atoms with E-state index in [2.05, 4.69) is 32.0 Å². The summed E-state index contributed by atoms with van der Waals surface area (Å²) in [6.45, 7) is 4.42. The molecule has 2 fully saturated rings. The van der Waals surface area contributed by atoms with Crippen LogP contribution in [0.1, 0.15) is 56.6 Å². The van der Waals surface area contributed by atoms with Crippen molar-refractivity contribution < 1.29 is 4.74 Å². The summed E-state index contributed by atoms with van der Waals surface area (Å²) < 4.78 is 5.40. The lowest BCUT2D eigenvalue weighted by atomic mass is 9.50. The van der Waals surface area contributed by atoms with Gasteiger partial charge >= 0.3 is 0 Å². The summed E-state index contributed by atoms with van der Waals surface area (Å²) in [6.07, 6.45) is 6.98. The summed E-state index contributed by atoms with van der Waals surface area (Å²) in [5.41, 5.74) is 3.31. The standard InChI is InChI=1S/C18H25ClO/c1-12(2)14-4-5-15(17(19)7-14)6-13-8-18(9-13)10-16(11-18)20-3/h4-5,7,12-13,16H,6,8-11H2,1-3H3. The van der Waals surface area contributed by atoms with E-state index < -0.39 is 0 Å². The van der Waals surface area contributed by atoms with E-state index in [-0.39, 0.29) is 0 Å². The maximum Gasteiger partial charge on any atom is 0.0582 e. The first-order valence-corrected chi connectivity index (χ1v) is 8.20. The number of hydrogen-bond acceptors (Lipinski definition) is 1. The highest BCUT2D eigenvalue weighted by Crippen LogP contribution is 2.60. The van der Waals surface area contributed by atoms with Crippen LogP contribution in [0.5, 0.6) is 0 Å². The highest BCUT2D eigenvalue weighted by Gasteiger charge is 2.52. The van der Waals surface area contributed by atoms with Gasteiger partial charge in [0.25, 0.3) is 0 Å². The van der Waals surface area contributed by atoms with E-state index in [0.717, 1.165) is 17.4 Å². The number of methoxy groups -OCH3 is 1. The Bertz CT molecular complexity index is 480. The molecule has 0 heterocycles. The first-order valence-electron chi connectivity index (χ1n) is 7.82. The number of benzene rings is 1. The zero-order valence-electron chi connectivity index (χ0n) is 12.8. The molecule has 20 heavy (non-hydrogen) atoms. The van der Waals surface area contributed by atoms with E-state index in [1.807, 2.05) is 7.11 Å². The summed E-state index contributed by atoms with van der Waals surface area (Å²) in [6, 6.07) is 6.63. The zero-order chi connectivity index (χ0) is 14.3. The Morgan fingerprint density at radius 1 is 1.25 bits per heavy atom. The maximum atomic E-state index is 6.44. The highest BCUT2D eigenvalue weighted by atomic mass is 35.5. The van der Waals surface area contributed by atoms with E-state index in [1.54, 1.807) is 0 Å². The fraction of sp³-hybridized carbons (Fsp3) is 0.667. The molecular weight excluding hydrogens is 268 g/mol. The van der Waals surface area contributed by atoms with Gasteiger partial charge in [0.15, 0.2) is 0 Å². The van der Waals surface area contributed by atoms with Gasteiger partial charge in [0, 0.05) is 12.1 Å². The van der Waals surface area contributed by atoms with Crippen LogP contribution in [0.25, 0.3) is 0 Å². The molecule has 3 rings (SSSR count). The molecule has 2 saturated carbocycles. The van der Waals surface area contributed by atoms with Gasteiger partial charge in [-0.15, -0.1) is 0 Å². The average molecular weight is 293 g/mol. The van der Waals surface area contributed by atoms with Gasteiger partial charge < -0.3 is 4.74 Å². The van der Waals surface area contributed by atoms with Gasteiger partial charge in [-0.3, -0.25) is 0 Å². The van der Waals surface area contributed by atoms with Gasteiger partial charge in [-0.2, -0.15) is 0 Å². The van der Waals surface area contributed by atoms with Crippen LogP contribution in [0.3, 0.4) is 0 Å². The minimum Gasteiger partial charge on any atom is -0.381 e. The van der Waals surface area contributed by atoms with Crippen molar-refractivity contribution in [3.05, 3.63) is 34.3 Å². The molecule has 0 atom stereocenters. The lowest BCUT2D eigenvalue weighted by molar-refractivity contribution is -0.125. The van der Waals surface area contributed by atoms with Crippen molar-refractivity contribution in [3.63, 3.8) is 0 Å². The Balaban J connectivity index is 1.55. The zero-order valence-corrected chi connectivity index (χ0v) is 13.5. The van der Waals surface area contributed by atoms with Crippen LogP contribution in [-0.2, 0) is 11.2 Å². The third kappa shape index (κ3) is 2.63. The molecule has 0 aromatic heterocycles. The molecular formula is C18H25ClO. The Labute approximate surface area is 127 Å². The molecule has 0 radical (unpaired) electrons. The van der Waals surface area contributed by atoms with Crippen molar-refractivity contribution in [2.75, 3.05) is 7.11 Å². The maximum absolute atomic E-state index is 6.44. The summed E-state index contributed by atoms with van der Waals surface area (Å²) in [5, 5.41) is 0.959. The normalized spacial score (nSPS) is 32.2. The Morgan fingerprint density at radius 2 is 1.95 bits per heavy atom. The SMILES string of the molecule is COC1CC2(CC(Cc3ccc(C(C)C)cc3Cl)C2)C1. The molecule has 0 aliphatic heterocycles. The molecule has 1 aromatic rings. The summed E-state index contributed by atoms with van der Waals surface area (Å²) in [4.78, 5) is 0. The average Bonchev–Trinajstić information content (AvgIpc) is 2.32. The van der Waals surface area contributed by atoms with Gasteiger partial charge in [-0.1, -0.05) is 37.6 Å². The van der Waals surface area contributed by atoms with Gasteiger partial charge in [-0.05, 0) is 66.5 Å². The van der Waals surface area contributed by atoms with Crippen LogP contribution < -0.4 is 0 Å². The molecule has 1 spiro atoms. The molecule has 1 aromatic carbocycles. The van der Waals surface area contributed by atoms with Crippen LogP contribution in [-0.4, -0.2) is 13.2 Å². The first-order chi connectivity index (χ1) is 9.51. The van der Waals surface area contributed by atoms with Crippen LogP contribution in [0.4, 0.5) is 0 Å². The summed E-state index contributed by atoms with van der Waals surface area (Å²) in [7, 11) is 1.84. The monoisotopic (exact) mass is 292 g/mol. The smallest absolute Gasteiger partial charge is 0.0582 e. The molecule has 0 saturated heterocycles. The number of halogens is 1. The summed E-state index contributed by atoms with van der Waals surface area (Å²) >= 11 is 6.44. The van der Waals surface area contributed by atoms with Crippen molar-refractivity contribution in [1.29, 1.82) is 0 Å².